The molecule has 0 radical (unpaired) electrons. The lowest BCUT2D eigenvalue weighted by molar-refractivity contribution is 0.0630. The molecule has 0 N–H and O–H groups in total. The van der Waals surface area contributed by atoms with Crippen LogP contribution in [0.2, 0.25) is 0 Å². The minimum atomic E-state index is 0.129. The van der Waals surface area contributed by atoms with Crippen LogP contribution in [0.25, 0.3) is 0 Å². The molecule has 1 saturated heterocycles. The number of carbonyl (C=O) groups excluding carboxylic acids is 1. The largest absolute Gasteiger partial charge is 0.383 e. The van der Waals surface area contributed by atoms with Crippen LogP contribution in [-0.4, -0.2) is 37.1 Å². The van der Waals surface area contributed by atoms with Crippen molar-refractivity contribution in [2.75, 3.05) is 20.3 Å². The summed E-state index contributed by atoms with van der Waals surface area (Å²) in [6, 6.07) is 8.01. The number of likely N-dealkylation sites (tertiary alicyclic amines) is 1. The van der Waals surface area contributed by atoms with E-state index < -0.39 is 0 Å². The predicted octanol–water partition coefficient (Wildman–Crippen LogP) is 2.25. The Balaban J connectivity index is 2.11. The number of rotatable bonds is 3. The van der Waals surface area contributed by atoms with Gasteiger partial charge in [0.15, 0.2) is 0 Å². The van der Waals surface area contributed by atoms with Crippen molar-refractivity contribution < 1.29 is 9.53 Å². The molecule has 1 aromatic rings. The van der Waals surface area contributed by atoms with E-state index in [4.69, 9.17) is 4.74 Å². The van der Waals surface area contributed by atoms with Crippen molar-refractivity contribution >= 4 is 5.91 Å². The molecule has 0 aliphatic carbocycles. The number of ether oxygens (including phenoxy) is 1. The second kappa shape index (κ2) is 5.32. The van der Waals surface area contributed by atoms with E-state index >= 15 is 0 Å². The highest BCUT2D eigenvalue weighted by Gasteiger charge is 2.28. The summed E-state index contributed by atoms with van der Waals surface area (Å²) in [6.45, 7) is 3.51. The first-order valence-electron chi connectivity index (χ1n) is 6.09. The fourth-order valence-electron chi connectivity index (χ4n) is 2.33. The zero-order chi connectivity index (χ0) is 12.3. The van der Waals surface area contributed by atoms with Gasteiger partial charge in [0.2, 0.25) is 0 Å². The van der Waals surface area contributed by atoms with E-state index in [0.717, 1.165) is 24.9 Å². The Morgan fingerprint density at radius 2 is 2.12 bits per heavy atom. The van der Waals surface area contributed by atoms with Gasteiger partial charge in [0, 0.05) is 19.2 Å². The first-order chi connectivity index (χ1) is 8.22. The van der Waals surface area contributed by atoms with Gasteiger partial charge in [0.1, 0.15) is 0 Å². The molecule has 1 aromatic carbocycles. The van der Waals surface area contributed by atoms with Gasteiger partial charge in [0.25, 0.3) is 5.91 Å². The molecule has 17 heavy (non-hydrogen) atoms. The molecular formula is C14H19NO2. The van der Waals surface area contributed by atoms with Crippen LogP contribution in [0.3, 0.4) is 0 Å². The molecule has 1 aliphatic rings. The maximum Gasteiger partial charge on any atom is 0.254 e. The van der Waals surface area contributed by atoms with Gasteiger partial charge >= 0.3 is 0 Å². The molecular weight excluding hydrogens is 214 g/mol. The summed E-state index contributed by atoms with van der Waals surface area (Å²) >= 11 is 0. The minimum Gasteiger partial charge on any atom is -0.383 e. The van der Waals surface area contributed by atoms with Crippen molar-refractivity contribution in [2.45, 2.75) is 25.8 Å². The number of hydrogen-bond donors (Lipinski definition) is 0. The van der Waals surface area contributed by atoms with Crippen molar-refractivity contribution in [1.29, 1.82) is 0 Å². The number of methoxy groups -OCH3 is 1. The Morgan fingerprint density at radius 1 is 1.41 bits per heavy atom. The summed E-state index contributed by atoms with van der Waals surface area (Å²) in [6.07, 6.45) is 2.12. The highest BCUT2D eigenvalue weighted by atomic mass is 16.5. The van der Waals surface area contributed by atoms with Gasteiger partial charge in [-0.15, -0.1) is 0 Å². The SMILES string of the molecule is COC[C@@H]1CCCN1C(=O)c1ccc(C)cc1. The Labute approximate surface area is 102 Å². The molecule has 0 spiro atoms. The molecule has 3 nitrogen and oxygen atoms in total. The molecule has 1 heterocycles. The number of benzene rings is 1. The van der Waals surface area contributed by atoms with Crippen LogP contribution in [0, 0.1) is 6.92 Å². The van der Waals surface area contributed by atoms with Crippen molar-refractivity contribution in [3.05, 3.63) is 35.4 Å². The van der Waals surface area contributed by atoms with E-state index in [1.807, 2.05) is 36.1 Å². The molecule has 1 atom stereocenters. The van der Waals surface area contributed by atoms with E-state index in [9.17, 15) is 4.79 Å². The summed E-state index contributed by atoms with van der Waals surface area (Å²) < 4.78 is 5.17. The van der Waals surface area contributed by atoms with Gasteiger partial charge in [-0.25, -0.2) is 0 Å². The smallest absolute Gasteiger partial charge is 0.254 e. The fraction of sp³-hybridized carbons (Fsp3) is 0.500. The molecule has 1 fully saturated rings. The Hall–Kier alpha value is -1.35. The Morgan fingerprint density at radius 3 is 2.76 bits per heavy atom. The average Bonchev–Trinajstić information content (AvgIpc) is 2.78. The van der Waals surface area contributed by atoms with Crippen LogP contribution < -0.4 is 0 Å². The lowest BCUT2D eigenvalue weighted by Crippen LogP contribution is -2.38. The Kier molecular flexibility index (Phi) is 3.79. The third kappa shape index (κ3) is 2.67. The van der Waals surface area contributed by atoms with Crippen LogP contribution in [0.5, 0.6) is 0 Å². The third-order valence-electron chi connectivity index (χ3n) is 3.30. The van der Waals surface area contributed by atoms with Gasteiger partial charge in [-0.05, 0) is 31.9 Å². The van der Waals surface area contributed by atoms with Gasteiger partial charge in [-0.1, -0.05) is 17.7 Å². The molecule has 1 aliphatic heterocycles. The maximum atomic E-state index is 12.3. The first kappa shape index (κ1) is 12.1. The number of amides is 1. The summed E-state index contributed by atoms with van der Waals surface area (Å²) in [5.74, 6) is 0.129. The van der Waals surface area contributed by atoms with Crippen LogP contribution in [0.1, 0.15) is 28.8 Å². The summed E-state index contributed by atoms with van der Waals surface area (Å²) in [7, 11) is 1.69. The van der Waals surface area contributed by atoms with Crippen LogP contribution in [0.4, 0.5) is 0 Å². The van der Waals surface area contributed by atoms with Crippen LogP contribution in [-0.2, 0) is 4.74 Å². The summed E-state index contributed by atoms with van der Waals surface area (Å²) in [5.41, 5.74) is 1.95. The molecule has 0 aromatic heterocycles. The van der Waals surface area contributed by atoms with E-state index in [-0.39, 0.29) is 11.9 Å². The number of aryl methyl sites for hydroxylation is 1. The monoisotopic (exact) mass is 233 g/mol. The minimum absolute atomic E-state index is 0.129. The molecule has 1 amide bonds. The molecule has 0 bridgehead atoms. The van der Waals surface area contributed by atoms with Crippen molar-refractivity contribution in [3.8, 4) is 0 Å². The molecule has 2 rings (SSSR count). The van der Waals surface area contributed by atoms with Crippen molar-refractivity contribution in [2.24, 2.45) is 0 Å². The normalized spacial score (nSPS) is 19.6. The highest BCUT2D eigenvalue weighted by molar-refractivity contribution is 5.94. The van der Waals surface area contributed by atoms with Gasteiger partial charge in [0.05, 0.1) is 12.6 Å². The molecule has 3 heteroatoms. The molecule has 0 unspecified atom stereocenters. The van der Waals surface area contributed by atoms with Gasteiger partial charge < -0.3 is 9.64 Å². The molecule has 92 valence electrons. The van der Waals surface area contributed by atoms with Gasteiger partial charge in [-0.2, -0.15) is 0 Å². The topological polar surface area (TPSA) is 29.5 Å². The maximum absolute atomic E-state index is 12.3. The standard InChI is InChI=1S/C14H19NO2/c1-11-5-7-12(8-6-11)14(16)15-9-3-4-13(15)10-17-2/h5-8,13H,3-4,9-10H2,1-2H3/t13-/m0/s1. The second-order valence-electron chi connectivity index (χ2n) is 4.62. The van der Waals surface area contributed by atoms with Gasteiger partial charge in [-0.3, -0.25) is 4.79 Å². The van der Waals surface area contributed by atoms with E-state index in [0.29, 0.717) is 6.61 Å². The Bertz CT molecular complexity index is 386. The van der Waals surface area contributed by atoms with E-state index in [2.05, 4.69) is 0 Å². The van der Waals surface area contributed by atoms with Crippen molar-refractivity contribution in [1.82, 2.24) is 4.90 Å². The second-order valence-corrected chi connectivity index (χ2v) is 4.62. The fourth-order valence-corrected chi connectivity index (χ4v) is 2.33. The number of carbonyl (C=O) groups is 1. The quantitative estimate of drug-likeness (QED) is 0.801. The van der Waals surface area contributed by atoms with Crippen LogP contribution >= 0.6 is 0 Å². The number of nitrogens with zero attached hydrogens (tertiary/aromatic N) is 1. The lowest BCUT2D eigenvalue weighted by Gasteiger charge is -2.24. The lowest BCUT2D eigenvalue weighted by atomic mass is 10.1. The zero-order valence-corrected chi connectivity index (χ0v) is 10.5. The zero-order valence-electron chi connectivity index (χ0n) is 10.5. The highest BCUT2D eigenvalue weighted by Crippen LogP contribution is 2.20. The number of hydrogen-bond acceptors (Lipinski definition) is 2. The summed E-state index contributed by atoms with van der Waals surface area (Å²) in [4.78, 5) is 14.3. The van der Waals surface area contributed by atoms with E-state index in [1.165, 1.54) is 5.56 Å². The first-order valence-corrected chi connectivity index (χ1v) is 6.09. The average molecular weight is 233 g/mol. The van der Waals surface area contributed by atoms with Crippen molar-refractivity contribution in [3.63, 3.8) is 0 Å². The van der Waals surface area contributed by atoms with Crippen LogP contribution in [0.15, 0.2) is 24.3 Å². The predicted molar refractivity (Wildman–Crippen MR) is 67.1 cm³/mol. The third-order valence-corrected chi connectivity index (χ3v) is 3.30. The summed E-state index contributed by atoms with van der Waals surface area (Å²) in [5, 5.41) is 0. The molecule has 0 saturated carbocycles. The van der Waals surface area contributed by atoms with E-state index in [1.54, 1.807) is 7.11 Å².